The van der Waals surface area contributed by atoms with Gasteiger partial charge < -0.3 is 4.84 Å². The van der Waals surface area contributed by atoms with Crippen LogP contribution in [0.2, 0.25) is 0 Å². The van der Waals surface area contributed by atoms with Crippen LogP contribution in [0.1, 0.15) is 17.7 Å². The second-order valence-electron chi connectivity index (χ2n) is 5.98. The van der Waals surface area contributed by atoms with Crippen molar-refractivity contribution >= 4 is 28.1 Å². The molecule has 1 N–H and O–H groups in total. The van der Waals surface area contributed by atoms with Gasteiger partial charge in [-0.15, -0.1) is 0 Å². The van der Waals surface area contributed by atoms with Crippen LogP contribution in [0.5, 0.6) is 0 Å². The van der Waals surface area contributed by atoms with Crippen LogP contribution in [0.3, 0.4) is 0 Å². The highest BCUT2D eigenvalue weighted by molar-refractivity contribution is 7.19. The molecule has 27 heavy (non-hydrogen) atoms. The minimum Gasteiger partial charge on any atom is -0.382 e. The molecule has 6 nitrogen and oxygen atoms in total. The van der Waals surface area contributed by atoms with E-state index in [4.69, 9.17) is 4.84 Å². The van der Waals surface area contributed by atoms with Gasteiger partial charge in [-0.3, -0.25) is 15.1 Å². The third kappa shape index (κ3) is 3.70. The molecule has 8 heteroatoms. The summed E-state index contributed by atoms with van der Waals surface area (Å²) in [6.07, 6.45) is 1.21. The molecule has 0 fully saturated rings. The van der Waals surface area contributed by atoms with E-state index in [1.165, 1.54) is 23.5 Å². The summed E-state index contributed by atoms with van der Waals surface area (Å²) in [7, 11) is 0. The number of hydrogen-bond acceptors (Lipinski definition) is 6. The van der Waals surface area contributed by atoms with E-state index in [2.05, 4.69) is 20.4 Å². The summed E-state index contributed by atoms with van der Waals surface area (Å²) in [5.74, 6) is -0.699. The molecule has 1 atom stereocenters. The van der Waals surface area contributed by atoms with Gasteiger partial charge in [0.05, 0.1) is 22.0 Å². The van der Waals surface area contributed by atoms with Crippen molar-refractivity contribution in [1.82, 2.24) is 9.97 Å². The monoisotopic (exact) mass is 382 g/mol. The molecule has 0 saturated carbocycles. The normalized spacial score (nSPS) is 15.9. The topological polar surface area (TPSA) is 76.5 Å². The smallest absolute Gasteiger partial charge is 0.270 e. The highest BCUT2D eigenvalue weighted by Crippen LogP contribution is 2.31. The number of benzene rings is 1. The van der Waals surface area contributed by atoms with Gasteiger partial charge in [0, 0.05) is 18.2 Å². The highest BCUT2D eigenvalue weighted by Gasteiger charge is 2.30. The van der Waals surface area contributed by atoms with Crippen LogP contribution >= 0.6 is 11.3 Å². The molecule has 0 bridgehead atoms. The van der Waals surface area contributed by atoms with Gasteiger partial charge in [-0.1, -0.05) is 34.7 Å². The first kappa shape index (κ1) is 17.3. The number of nitrogens with zero attached hydrogens (tertiary/aromatic N) is 3. The molecule has 3 heterocycles. The molecular formula is C19H15FN4O2S. The molecule has 136 valence electrons. The summed E-state index contributed by atoms with van der Waals surface area (Å²) < 4.78 is 13.4. The first-order chi connectivity index (χ1) is 13.1. The summed E-state index contributed by atoms with van der Waals surface area (Å²) in [6.45, 7) is 1.87. The van der Waals surface area contributed by atoms with E-state index in [-0.39, 0.29) is 18.1 Å². The van der Waals surface area contributed by atoms with Gasteiger partial charge in [0.1, 0.15) is 5.82 Å². The van der Waals surface area contributed by atoms with Crippen LogP contribution in [-0.2, 0) is 9.63 Å². The fourth-order valence-corrected chi connectivity index (χ4v) is 3.67. The molecule has 1 amide bonds. The molecular weight excluding hydrogens is 367 g/mol. The van der Waals surface area contributed by atoms with Crippen LogP contribution in [0, 0.1) is 12.7 Å². The quantitative estimate of drug-likeness (QED) is 0.745. The molecule has 0 aliphatic carbocycles. The number of oxime groups is 1. The van der Waals surface area contributed by atoms with Gasteiger partial charge in [0.25, 0.3) is 5.91 Å². The number of halogens is 1. The van der Waals surface area contributed by atoms with E-state index in [1.54, 1.807) is 18.3 Å². The minimum absolute atomic E-state index is 0.271. The van der Waals surface area contributed by atoms with Crippen molar-refractivity contribution in [3.63, 3.8) is 0 Å². The van der Waals surface area contributed by atoms with Crippen molar-refractivity contribution in [1.29, 1.82) is 0 Å². The van der Waals surface area contributed by atoms with Crippen molar-refractivity contribution < 1.29 is 14.0 Å². The van der Waals surface area contributed by atoms with E-state index >= 15 is 0 Å². The average Bonchev–Trinajstić information content (AvgIpc) is 3.29. The fraction of sp³-hybridized carbons (Fsp3) is 0.158. The Hall–Kier alpha value is -3.13. The Morgan fingerprint density at radius 2 is 2.19 bits per heavy atom. The predicted molar refractivity (Wildman–Crippen MR) is 101 cm³/mol. The number of anilines is 1. The Balaban J connectivity index is 1.44. The SMILES string of the molecule is Cc1nc(NC(=O)[C@@H]2CC(c3cccc(F)c3)=NO2)sc1-c1ccccn1. The molecule has 3 aromatic rings. The molecule has 1 aliphatic rings. The van der Waals surface area contributed by atoms with Crippen LogP contribution in [0.25, 0.3) is 10.6 Å². The zero-order valence-corrected chi connectivity index (χ0v) is 15.2. The summed E-state index contributed by atoms with van der Waals surface area (Å²) >= 11 is 1.35. The van der Waals surface area contributed by atoms with Crippen molar-refractivity contribution in [2.24, 2.45) is 5.16 Å². The van der Waals surface area contributed by atoms with Crippen molar-refractivity contribution in [2.45, 2.75) is 19.4 Å². The van der Waals surface area contributed by atoms with Crippen molar-refractivity contribution in [3.8, 4) is 10.6 Å². The van der Waals surface area contributed by atoms with Gasteiger partial charge in [-0.25, -0.2) is 9.37 Å². The maximum absolute atomic E-state index is 13.4. The highest BCUT2D eigenvalue weighted by atomic mass is 32.1. The molecule has 1 aliphatic heterocycles. The Kier molecular flexibility index (Phi) is 4.64. The Bertz CT molecular complexity index is 1020. The minimum atomic E-state index is -0.772. The Morgan fingerprint density at radius 1 is 1.30 bits per heavy atom. The fourth-order valence-electron chi connectivity index (χ4n) is 2.73. The first-order valence-corrected chi connectivity index (χ1v) is 9.10. The van der Waals surface area contributed by atoms with E-state index in [9.17, 15) is 9.18 Å². The lowest BCUT2D eigenvalue weighted by Crippen LogP contribution is -2.28. The number of thiazole rings is 1. The lowest BCUT2D eigenvalue weighted by Gasteiger charge is -2.07. The van der Waals surface area contributed by atoms with E-state index < -0.39 is 6.10 Å². The van der Waals surface area contributed by atoms with Gasteiger partial charge in [-0.2, -0.15) is 0 Å². The number of rotatable bonds is 4. The van der Waals surface area contributed by atoms with Gasteiger partial charge in [0.15, 0.2) is 5.13 Å². The maximum Gasteiger partial charge on any atom is 0.270 e. The first-order valence-electron chi connectivity index (χ1n) is 8.28. The summed E-state index contributed by atoms with van der Waals surface area (Å²) in [5.41, 5.74) is 2.74. The van der Waals surface area contributed by atoms with Crippen LogP contribution in [0.4, 0.5) is 9.52 Å². The molecule has 0 unspecified atom stereocenters. The maximum atomic E-state index is 13.4. The van der Waals surface area contributed by atoms with E-state index in [1.807, 2.05) is 25.1 Å². The summed E-state index contributed by atoms with van der Waals surface area (Å²) in [5, 5.41) is 7.16. The second-order valence-corrected chi connectivity index (χ2v) is 6.98. The number of carbonyl (C=O) groups is 1. The van der Waals surface area contributed by atoms with E-state index in [0.29, 0.717) is 16.4 Å². The molecule has 0 radical (unpaired) electrons. The van der Waals surface area contributed by atoms with Crippen LogP contribution in [0.15, 0.2) is 53.8 Å². The van der Waals surface area contributed by atoms with Crippen molar-refractivity contribution in [3.05, 3.63) is 65.7 Å². The number of aromatic nitrogens is 2. The molecule has 4 rings (SSSR count). The molecule has 0 spiro atoms. The molecule has 1 aromatic carbocycles. The summed E-state index contributed by atoms with van der Waals surface area (Å²) in [6, 6.07) is 11.7. The number of nitrogens with one attached hydrogen (secondary N) is 1. The molecule has 2 aromatic heterocycles. The zero-order chi connectivity index (χ0) is 18.8. The molecule has 0 saturated heterocycles. The van der Waals surface area contributed by atoms with E-state index in [0.717, 1.165) is 16.3 Å². The van der Waals surface area contributed by atoms with Crippen LogP contribution in [-0.4, -0.2) is 27.7 Å². The Morgan fingerprint density at radius 3 is 2.96 bits per heavy atom. The largest absolute Gasteiger partial charge is 0.382 e. The average molecular weight is 382 g/mol. The number of pyridine rings is 1. The van der Waals surface area contributed by atoms with Crippen LogP contribution < -0.4 is 5.32 Å². The van der Waals surface area contributed by atoms with Crippen molar-refractivity contribution in [2.75, 3.05) is 5.32 Å². The second kappa shape index (κ2) is 7.24. The number of aryl methyl sites for hydroxylation is 1. The van der Waals surface area contributed by atoms with Gasteiger partial charge in [-0.05, 0) is 31.2 Å². The number of carbonyl (C=O) groups excluding carboxylic acids is 1. The lowest BCUT2D eigenvalue weighted by molar-refractivity contribution is -0.125. The van der Waals surface area contributed by atoms with Gasteiger partial charge >= 0.3 is 0 Å². The van der Waals surface area contributed by atoms with Gasteiger partial charge in [0.2, 0.25) is 6.10 Å². The lowest BCUT2D eigenvalue weighted by atomic mass is 10.0. The standard InChI is InChI=1S/C19H15FN4O2S/c1-11-17(14-7-2-3-8-21-14)27-19(22-11)23-18(25)16-10-15(24-26-16)12-5-4-6-13(20)9-12/h2-9,16H,10H2,1H3,(H,22,23,25)/t16-/m0/s1. The third-order valence-corrected chi connectivity index (χ3v) is 5.14. The Labute approximate surface area is 158 Å². The number of amides is 1. The number of hydrogen-bond donors (Lipinski definition) is 1. The zero-order valence-electron chi connectivity index (χ0n) is 14.3. The third-order valence-electron chi connectivity index (χ3n) is 4.04. The summed E-state index contributed by atoms with van der Waals surface area (Å²) in [4.78, 5) is 27.3. The predicted octanol–water partition coefficient (Wildman–Crippen LogP) is 3.78.